The molecule has 5 rings (SSSR count). The van der Waals surface area contributed by atoms with Gasteiger partial charge in [0.1, 0.15) is 24.0 Å². The number of hydrogen-bond acceptors (Lipinski definition) is 7. The summed E-state index contributed by atoms with van der Waals surface area (Å²) in [5.74, 6) is -1.16. The van der Waals surface area contributed by atoms with Crippen molar-refractivity contribution in [3.05, 3.63) is 65.3 Å². The van der Waals surface area contributed by atoms with E-state index >= 15 is 0 Å². The largest absolute Gasteiger partial charge is 0.489 e. The van der Waals surface area contributed by atoms with Crippen LogP contribution >= 0.6 is 0 Å². The fraction of sp³-hybridized carbons (Fsp3) is 0.548. The first kappa shape index (κ1) is 26.9. The van der Waals surface area contributed by atoms with E-state index in [1.807, 2.05) is 6.92 Å². The minimum atomic E-state index is -2.18. The van der Waals surface area contributed by atoms with Crippen LogP contribution in [0.3, 0.4) is 0 Å². The Morgan fingerprint density at radius 3 is 2.63 bits per heavy atom. The number of ketones is 1. The Morgan fingerprint density at radius 1 is 1.26 bits per heavy atom. The van der Waals surface area contributed by atoms with Crippen LogP contribution in [0.5, 0.6) is 5.75 Å². The number of allylic oxidation sites excluding steroid dienone is 1. The number of carbonyl (C=O) groups is 2. The van der Waals surface area contributed by atoms with Crippen molar-refractivity contribution in [3.63, 3.8) is 0 Å². The van der Waals surface area contributed by atoms with E-state index in [0.29, 0.717) is 23.3 Å². The zero-order chi connectivity index (χ0) is 27.8. The fourth-order valence-corrected chi connectivity index (χ4v) is 7.93. The number of esters is 1. The predicted molar refractivity (Wildman–Crippen MR) is 141 cm³/mol. The standard InChI is InChI=1S/C31H38O7/c1-7-11-37-22-10-8-9-16(2)23(22)28(35)38-27-17(3)14-30-18(4)12-21-24(29(21,5)6)20(26(30)34)13-19(15-32)25(33)31(27,30)36/h7-10,13-14,18,20-21,24-25,27,32-33,36H,1,11-12,15H2,2-6H3/t18-,20?,21-,24+,25-,27+,30+,31+/m1/s1. The van der Waals surface area contributed by atoms with Gasteiger partial charge in [0.15, 0.2) is 17.5 Å². The minimum absolute atomic E-state index is 0.0553. The number of Topliss-reactive ketones (excluding diaryl/α,β-unsaturated/α-hetero) is 1. The van der Waals surface area contributed by atoms with E-state index in [9.17, 15) is 24.9 Å². The maximum absolute atomic E-state index is 14.5. The average molecular weight is 523 g/mol. The van der Waals surface area contributed by atoms with E-state index < -0.39 is 41.7 Å². The molecule has 3 N–H and O–H groups in total. The lowest BCUT2D eigenvalue weighted by Gasteiger charge is -2.48. The van der Waals surface area contributed by atoms with Crippen LogP contribution in [0.2, 0.25) is 0 Å². The molecule has 0 aromatic heterocycles. The summed E-state index contributed by atoms with van der Waals surface area (Å²) < 4.78 is 11.7. The minimum Gasteiger partial charge on any atom is -0.489 e. The molecule has 4 aliphatic carbocycles. The van der Waals surface area contributed by atoms with E-state index in [1.54, 1.807) is 50.3 Å². The molecule has 0 saturated heterocycles. The second-order valence-electron chi connectivity index (χ2n) is 12.2. The molecule has 204 valence electrons. The molecule has 1 aromatic carbocycles. The second kappa shape index (κ2) is 8.90. The van der Waals surface area contributed by atoms with Crippen LogP contribution in [0.4, 0.5) is 0 Å². The third kappa shape index (κ3) is 3.38. The molecule has 38 heavy (non-hydrogen) atoms. The van der Waals surface area contributed by atoms with Crippen molar-refractivity contribution < 1.29 is 34.4 Å². The van der Waals surface area contributed by atoms with Crippen molar-refractivity contribution in [3.8, 4) is 5.75 Å². The number of benzene rings is 1. The number of rotatable bonds is 6. The van der Waals surface area contributed by atoms with Crippen molar-refractivity contribution in [2.75, 3.05) is 13.2 Å². The van der Waals surface area contributed by atoms with Gasteiger partial charge in [-0.2, -0.15) is 0 Å². The van der Waals surface area contributed by atoms with Gasteiger partial charge in [-0.05, 0) is 66.2 Å². The van der Waals surface area contributed by atoms with E-state index in [-0.39, 0.29) is 46.7 Å². The van der Waals surface area contributed by atoms with Gasteiger partial charge >= 0.3 is 5.97 Å². The third-order valence-corrected chi connectivity index (χ3v) is 9.92. The van der Waals surface area contributed by atoms with Gasteiger partial charge in [-0.15, -0.1) is 0 Å². The molecule has 2 bridgehead atoms. The SMILES string of the molecule is C=CCOc1cccc(C)c1C(=O)O[C@H]1C(C)=C[C@]23C(=O)C(C=C(CO)[C@@H](O)[C@]12O)[C@H]1[C@@H](C[C@H]3C)C1(C)C. The Morgan fingerprint density at radius 2 is 1.97 bits per heavy atom. The third-order valence-electron chi connectivity index (χ3n) is 9.92. The maximum Gasteiger partial charge on any atom is 0.342 e. The zero-order valence-corrected chi connectivity index (χ0v) is 22.7. The van der Waals surface area contributed by atoms with Gasteiger partial charge in [-0.25, -0.2) is 4.79 Å². The number of ether oxygens (including phenoxy) is 2. The molecule has 0 amide bonds. The molecule has 1 unspecified atom stereocenters. The first-order valence-electron chi connectivity index (χ1n) is 13.4. The normalized spacial score (nSPS) is 38.6. The van der Waals surface area contributed by atoms with E-state index in [2.05, 4.69) is 20.4 Å². The Hall–Kier alpha value is -2.74. The van der Waals surface area contributed by atoms with Crippen LogP contribution in [0, 0.1) is 41.4 Å². The number of hydrogen-bond donors (Lipinski definition) is 3. The Bertz CT molecular complexity index is 1260. The van der Waals surface area contributed by atoms with Crippen LogP contribution in [-0.2, 0) is 9.53 Å². The molecule has 2 fully saturated rings. The second-order valence-corrected chi connectivity index (χ2v) is 12.2. The van der Waals surface area contributed by atoms with E-state index in [4.69, 9.17) is 9.47 Å². The molecular weight excluding hydrogens is 484 g/mol. The Kier molecular flexibility index (Phi) is 6.29. The van der Waals surface area contributed by atoms with Crippen molar-refractivity contribution in [2.24, 2.45) is 34.5 Å². The lowest BCUT2D eigenvalue weighted by atomic mass is 9.59. The Balaban J connectivity index is 1.61. The molecule has 0 aliphatic heterocycles. The van der Waals surface area contributed by atoms with Crippen LogP contribution in [0.1, 0.15) is 50.0 Å². The van der Waals surface area contributed by atoms with Gasteiger partial charge in [0.2, 0.25) is 0 Å². The van der Waals surface area contributed by atoms with Crippen LogP contribution < -0.4 is 4.74 Å². The molecule has 2 saturated carbocycles. The van der Waals surface area contributed by atoms with Crippen LogP contribution in [-0.4, -0.2) is 58.1 Å². The quantitative estimate of drug-likeness (QED) is 0.387. The van der Waals surface area contributed by atoms with Gasteiger partial charge < -0.3 is 24.8 Å². The topological polar surface area (TPSA) is 113 Å². The van der Waals surface area contributed by atoms with Crippen molar-refractivity contribution in [1.29, 1.82) is 0 Å². The molecule has 7 nitrogen and oxygen atoms in total. The summed E-state index contributed by atoms with van der Waals surface area (Å²) in [5, 5.41) is 34.5. The molecule has 7 heteroatoms. The number of carbonyl (C=O) groups excluding carboxylic acids is 2. The molecule has 1 aromatic rings. The number of aliphatic hydroxyl groups excluding tert-OH is 2. The van der Waals surface area contributed by atoms with Gasteiger partial charge in [-0.1, -0.05) is 57.7 Å². The molecule has 8 atom stereocenters. The molecule has 1 spiro atoms. The van der Waals surface area contributed by atoms with Gasteiger partial charge in [-0.3, -0.25) is 4.79 Å². The van der Waals surface area contributed by atoms with Gasteiger partial charge in [0.05, 0.1) is 12.0 Å². The smallest absolute Gasteiger partial charge is 0.342 e. The monoisotopic (exact) mass is 522 g/mol. The van der Waals surface area contributed by atoms with Crippen molar-refractivity contribution in [1.82, 2.24) is 0 Å². The highest BCUT2D eigenvalue weighted by Crippen LogP contribution is 2.71. The summed E-state index contributed by atoms with van der Waals surface area (Å²) in [4.78, 5) is 28.1. The number of aliphatic hydroxyl groups is 3. The summed E-state index contributed by atoms with van der Waals surface area (Å²) in [7, 11) is 0. The lowest BCUT2D eigenvalue weighted by Crippen LogP contribution is -2.65. The summed E-state index contributed by atoms with van der Waals surface area (Å²) in [6.07, 6.45) is 2.74. The predicted octanol–water partition coefficient (Wildman–Crippen LogP) is 3.55. The van der Waals surface area contributed by atoms with E-state index in [1.165, 1.54) is 0 Å². The lowest BCUT2D eigenvalue weighted by molar-refractivity contribution is -0.190. The number of aryl methyl sites for hydroxylation is 1. The highest BCUT2D eigenvalue weighted by atomic mass is 16.6. The number of fused-ring (bicyclic) bond motifs is 3. The summed E-state index contributed by atoms with van der Waals surface area (Å²) in [5.41, 5.74) is -2.22. The first-order valence-corrected chi connectivity index (χ1v) is 13.4. The average Bonchev–Trinajstić information content (AvgIpc) is 3.36. The maximum atomic E-state index is 14.5. The van der Waals surface area contributed by atoms with Crippen molar-refractivity contribution >= 4 is 11.8 Å². The summed E-state index contributed by atoms with van der Waals surface area (Å²) in [6.45, 7) is 13.0. The molecule has 4 aliphatic rings. The highest BCUT2D eigenvalue weighted by molar-refractivity contribution is 5.97. The summed E-state index contributed by atoms with van der Waals surface area (Å²) in [6, 6.07) is 5.18. The fourth-order valence-electron chi connectivity index (χ4n) is 7.93. The molecular formula is C31H38O7. The molecule has 0 radical (unpaired) electrons. The van der Waals surface area contributed by atoms with Crippen molar-refractivity contribution in [2.45, 2.75) is 58.8 Å². The van der Waals surface area contributed by atoms with Gasteiger partial charge in [0, 0.05) is 5.92 Å². The summed E-state index contributed by atoms with van der Waals surface area (Å²) >= 11 is 0. The highest BCUT2D eigenvalue weighted by Gasteiger charge is 2.76. The molecule has 0 heterocycles. The van der Waals surface area contributed by atoms with E-state index in [0.717, 1.165) is 0 Å². The van der Waals surface area contributed by atoms with Crippen LogP contribution in [0.15, 0.2) is 54.2 Å². The Labute approximate surface area is 223 Å². The van der Waals surface area contributed by atoms with Gasteiger partial charge in [0.25, 0.3) is 0 Å². The van der Waals surface area contributed by atoms with Crippen LogP contribution in [0.25, 0.3) is 0 Å². The first-order chi connectivity index (χ1) is 17.9. The zero-order valence-electron chi connectivity index (χ0n) is 22.7.